The maximum Gasteiger partial charge on any atom is 0.127 e. The van der Waals surface area contributed by atoms with Crippen molar-refractivity contribution in [1.82, 2.24) is 4.98 Å². The summed E-state index contributed by atoms with van der Waals surface area (Å²) in [5.74, 6) is 1.92. The summed E-state index contributed by atoms with van der Waals surface area (Å²) < 4.78 is 0. The molecule has 0 radical (unpaired) electrons. The predicted octanol–water partition coefficient (Wildman–Crippen LogP) is 3.18. The molecule has 3 heteroatoms. The minimum Gasteiger partial charge on any atom is -0.363 e. The third-order valence-electron chi connectivity index (χ3n) is 5.44. The molecule has 2 aliphatic rings. The van der Waals surface area contributed by atoms with E-state index < -0.39 is 0 Å². The second-order valence-electron chi connectivity index (χ2n) is 6.77. The minimum absolute atomic E-state index is 0.292. The first kappa shape index (κ1) is 13.6. The van der Waals surface area contributed by atoms with Crippen LogP contribution in [0.3, 0.4) is 0 Å². The maximum atomic E-state index is 11.2. The van der Waals surface area contributed by atoms with Crippen LogP contribution in [0.2, 0.25) is 0 Å². The number of carbonyl (C=O) groups is 1. The Bertz CT molecular complexity index is 482. The highest BCUT2D eigenvalue weighted by atomic mass is 16.1. The van der Waals surface area contributed by atoms with Gasteiger partial charge in [-0.25, -0.2) is 4.98 Å². The van der Waals surface area contributed by atoms with Gasteiger partial charge in [-0.2, -0.15) is 0 Å². The lowest BCUT2D eigenvalue weighted by Gasteiger charge is -2.47. The van der Waals surface area contributed by atoms with E-state index in [-0.39, 0.29) is 0 Å². The Morgan fingerprint density at radius 1 is 1.30 bits per heavy atom. The summed E-state index contributed by atoms with van der Waals surface area (Å²) in [6, 6.07) is 4.38. The van der Waals surface area contributed by atoms with E-state index in [0.717, 1.165) is 18.7 Å². The number of rotatable bonds is 3. The van der Waals surface area contributed by atoms with Crippen LogP contribution in [-0.4, -0.2) is 25.4 Å². The molecule has 3 atom stereocenters. The second kappa shape index (κ2) is 5.19. The minimum atomic E-state index is 0.292. The van der Waals surface area contributed by atoms with Crippen molar-refractivity contribution in [3.8, 4) is 0 Å². The largest absolute Gasteiger partial charge is 0.363 e. The third-order valence-corrected chi connectivity index (χ3v) is 5.44. The van der Waals surface area contributed by atoms with Crippen molar-refractivity contribution in [2.24, 2.45) is 11.8 Å². The van der Waals surface area contributed by atoms with Crippen LogP contribution >= 0.6 is 0 Å². The summed E-state index contributed by atoms with van der Waals surface area (Å²) in [6.07, 6.45) is 10.4. The molecule has 20 heavy (non-hydrogen) atoms. The van der Waals surface area contributed by atoms with Gasteiger partial charge in [0.15, 0.2) is 0 Å². The fraction of sp³-hybridized carbons (Fsp3) is 0.647. The quantitative estimate of drug-likeness (QED) is 0.792. The van der Waals surface area contributed by atoms with Crippen molar-refractivity contribution < 1.29 is 4.79 Å². The van der Waals surface area contributed by atoms with Crippen LogP contribution in [-0.2, 0) is 10.2 Å². The summed E-state index contributed by atoms with van der Waals surface area (Å²) >= 11 is 0. The zero-order chi connectivity index (χ0) is 14.2. The van der Waals surface area contributed by atoms with Crippen LogP contribution in [0, 0.1) is 11.8 Å². The van der Waals surface area contributed by atoms with Gasteiger partial charge in [-0.3, -0.25) is 0 Å². The summed E-state index contributed by atoms with van der Waals surface area (Å²) in [5, 5.41) is 0. The number of anilines is 1. The van der Waals surface area contributed by atoms with Gasteiger partial charge in [-0.15, -0.1) is 0 Å². The average molecular weight is 272 g/mol. The summed E-state index contributed by atoms with van der Waals surface area (Å²) in [6.45, 7) is 0. The molecule has 2 fully saturated rings. The maximum absolute atomic E-state index is 11.2. The molecular weight excluding hydrogens is 248 g/mol. The van der Waals surface area contributed by atoms with E-state index in [1.54, 1.807) is 0 Å². The van der Waals surface area contributed by atoms with Gasteiger partial charge in [-0.1, -0.05) is 12.5 Å². The molecule has 108 valence electrons. The Kier molecular flexibility index (Phi) is 3.53. The van der Waals surface area contributed by atoms with Gasteiger partial charge in [0.2, 0.25) is 0 Å². The van der Waals surface area contributed by atoms with Crippen LogP contribution in [0.1, 0.15) is 44.1 Å². The van der Waals surface area contributed by atoms with E-state index in [9.17, 15) is 4.79 Å². The smallest absolute Gasteiger partial charge is 0.127 e. The lowest BCUT2D eigenvalue weighted by Crippen LogP contribution is -2.41. The predicted molar refractivity (Wildman–Crippen MR) is 81.0 cm³/mol. The standard InChI is InChI=1S/C17H24N2O/c1-19(2)16-6-5-15(11-18-16)17-8-3-4-13(10-17)14(12-20)7-9-17/h5-6,11-14H,3-4,7-10H2,1-2H3. The van der Waals surface area contributed by atoms with Gasteiger partial charge in [0.05, 0.1) is 0 Å². The first-order valence-electron chi connectivity index (χ1n) is 7.74. The van der Waals surface area contributed by atoms with Gasteiger partial charge in [0.1, 0.15) is 12.1 Å². The lowest BCUT2D eigenvalue weighted by molar-refractivity contribution is -0.114. The van der Waals surface area contributed by atoms with Crippen LogP contribution in [0.25, 0.3) is 0 Å². The summed E-state index contributed by atoms with van der Waals surface area (Å²) in [7, 11) is 4.04. The first-order valence-corrected chi connectivity index (χ1v) is 7.74. The molecule has 2 bridgehead atoms. The average Bonchev–Trinajstić information content (AvgIpc) is 2.48. The molecule has 3 rings (SSSR count). The molecule has 0 spiro atoms. The lowest BCUT2D eigenvalue weighted by atomic mass is 9.56. The van der Waals surface area contributed by atoms with Crippen molar-refractivity contribution in [2.45, 2.75) is 43.9 Å². The van der Waals surface area contributed by atoms with E-state index in [0.29, 0.717) is 17.3 Å². The summed E-state index contributed by atoms with van der Waals surface area (Å²) in [4.78, 5) is 17.8. The molecule has 2 aliphatic carbocycles. The van der Waals surface area contributed by atoms with Crippen LogP contribution in [0.15, 0.2) is 18.3 Å². The van der Waals surface area contributed by atoms with Crippen molar-refractivity contribution in [1.29, 1.82) is 0 Å². The molecule has 0 saturated heterocycles. The Labute approximate surface area is 121 Å². The van der Waals surface area contributed by atoms with Crippen molar-refractivity contribution in [2.75, 3.05) is 19.0 Å². The highest BCUT2D eigenvalue weighted by molar-refractivity contribution is 5.55. The first-order chi connectivity index (χ1) is 9.64. The topological polar surface area (TPSA) is 33.2 Å². The number of hydrogen-bond acceptors (Lipinski definition) is 3. The number of aldehydes is 1. The molecule has 0 aromatic carbocycles. The number of fused-ring (bicyclic) bond motifs is 2. The number of nitrogens with zero attached hydrogens (tertiary/aromatic N) is 2. The Morgan fingerprint density at radius 3 is 2.80 bits per heavy atom. The third kappa shape index (κ3) is 2.23. The van der Waals surface area contributed by atoms with E-state index in [1.165, 1.54) is 37.5 Å². The molecule has 0 amide bonds. The zero-order valence-electron chi connectivity index (χ0n) is 12.5. The number of pyridine rings is 1. The number of aromatic nitrogens is 1. The van der Waals surface area contributed by atoms with Crippen molar-refractivity contribution >= 4 is 12.1 Å². The molecule has 3 nitrogen and oxygen atoms in total. The monoisotopic (exact) mass is 272 g/mol. The molecule has 0 aliphatic heterocycles. The van der Waals surface area contributed by atoms with Gasteiger partial charge in [-0.05, 0) is 55.1 Å². The molecule has 3 unspecified atom stereocenters. The second-order valence-corrected chi connectivity index (χ2v) is 6.77. The van der Waals surface area contributed by atoms with E-state index >= 15 is 0 Å². The van der Waals surface area contributed by atoms with Gasteiger partial charge in [0, 0.05) is 26.2 Å². The van der Waals surface area contributed by atoms with Gasteiger partial charge < -0.3 is 9.69 Å². The fourth-order valence-electron chi connectivity index (χ4n) is 4.23. The van der Waals surface area contributed by atoms with Crippen LogP contribution in [0.5, 0.6) is 0 Å². The van der Waals surface area contributed by atoms with E-state index in [2.05, 4.69) is 23.3 Å². The summed E-state index contributed by atoms with van der Waals surface area (Å²) in [5.41, 5.74) is 1.68. The highest BCUT2D eigenvalue weighted by Gasteiger charge is 2.44. The molecule has 1 heterocycles. The SMILES string of the molecule is CN(C)c1ccc(C23CCCC(C2)C(C=O)CC3)cn1. The Balaban J connectivity index is 1.86. The van der Waals surface area contributed by atoms with E-state index in [1.807, 2.05) is 19.0 Å². The Hall–Kier alpha value is -1.38. The van der Waals surface area contributed by atoms with Crippen LogP contribution < -0.4 is 4.90 Å². The molecule has 2 saturated carbocycles. The molecule has 0 N–H and O–H groups in total. The van der Waals surface area contributed by atoms with Crippen LogP contribution in [0.4, 0.5) is 5.82 Å². The Morgan fingerprint density at radius 2 is 2.15 bits per heavy atom. The van der Waals surface area contributed by atoms with E-state index in [4.69, 9.17) is 0 Å². The van der Waals surface area contributed by atoms with Crippen molar-refractivity contribution in [3.63, 3.8) is 0 Å². The molecular formula is C17H24N2O. The van der Waals surface area contributed by atoms with Crippen molar-refractivity contribution in [3.05, 3.63) is 23.9 Å². The fourth-order valence-corrected chi connectivity index (χ4v) is 4.23. The van der Waals surface area contributed by atoms with Gasteiger partial charge >= 0.3 is 0 Å². The molecule has 1 aromatic heterocycles. The van der Waals surface area contributed by atoms with Gasteiger partial charge in [0.25, 0.3) is 0 Å². The number of carbonyl (C=O) groups excluding carboxylic acids is 1. The highest BCUT2D eigenvalue weighted by Crippen LogP contribution is 2.52. The zero-order valence-corrected chi connectivity index (χ0v) is 12.5. The number of hydrogen-bond donors (Lipinski definition) is 0. The normalized spacial score (nSPS) is 32.7. The molecule has 1 aromatic rings.